The molecule has 0 aliphatic rings. The van der Waals surface area contributed by atoms with Crippen LogP contribution in [0.15, 0.2) is 53.9 Å². The lowest BCUT2D eigenvalue weighted by Gasteiger charge is -2.02. The molecule has 3 nitrogen and oxygen atoms in total. The lowest BCUT2D eigenvalue weighted by atomic mass is 10.2. The molecule has 1 heterocycles. The Balaban J connectivity index is 1.80. The Bertz CT molecular complexity index is 832. The maximum atomic E-state index is 13.5. The van der Waals surface area contributed by atoms with E-state index in [1.54, 1.807) is 23.6 Å². The number of nitrogens with one attached hydrogen (secondary N) is 1. The normalized spacial score (nSPS) is 10.5. The van der Waals surface area contributed by atoms with E-state index >= 15 is 0 Å². The van der Waals surface area contributed by atoms with Gasteiger partial charge in [0, 0.05) is 10.9 Å². The average molecular weight is 316 g/mol. The van der Waals surface area contributed by atoms with Gasteiger partial charge in [0.15, 0.2) is 5.13 Å². The zero-order valence-electron chi connectivity index (χ0n) is 11.2. The van der Waals surface area contributed by atoms with Crippen LogP contribution in [0.2, 0.25) is 0 Å². The average Bonchev–Trinajstić information content (AvgIpc) is 2.96. The van der Waals surface area contributed by atoms with Crippen LogP contribution < -0.4 is 5.32 Å². The summed E-state index contributed by atoms with van der Waals surface area (Å²) in [7, 11) is 0. The summed E-state index contributed by atoms with van der Waals surface area (Å²) in [6.45, 7) is 0. The Morgan fingerprint density at radius 2 is 1.91 bits per heavy atom. The molecule has 2 aromatic carbocycles. The fourth-order valence-electron chi connectivity index (χ4n) is 1.92. The number of aromatic nitrogens is 1. The molecule has 0 unspecified atom stereocenters. The Morgan fingerprint density at radius 3 is 2.68 bits per heavy atom. The molecule has 3 aromatic rings. The topological polar surface area (TPSA) is 42.0 Å². The molecule has 0 radical (unpaired) electrons. The first-order valence-corrected chi connectivity index (χ1v) is 7.29. The molecule has 0 aliphatic carbocycles. The predicted octanol–water partition coefficient (Wildman–Crippen LogP) is 4.34. The van der Waals surface area contributed by atoms with E-state index in [-0.39, 0.29) is 11.4 Å². The zero-order chi connectivity index (χ0) is 15.5. The van der Waals surface area contributed by atoms with Crippen molar-refractivity contribution in [3.8, 4) is 11.3 Å². The second-order valence-electron chi connectivity index (χ2n) is 4.48. The molecule has 0 saturated heterocycles. The monoisotopic (exact) mass is 316 g/mol. The first kappa shape index (κ1) is 14.3. The molecule has 1 aromatic heterocycles. The van der Waals surface area contributed by atoms with Gasteiger partial charge in [-0.05, 0) is 24.3 Å². The van der Waals surface area contributed by atoms with Gasteiger partial charge in [-0.1, -0.05) is 24.3 Å². The lowest BCUT2D eigenvalue weighted by Crippen LogP contribution is -2.13. The molecule has 22 heavy (non-hydrogen) atoms. The third kappa shape index (κ3) is 3.01. The number of rotatable bonds is 3. The highest BCUT2D eigenvalue weighted by Crippen LogP contribution is 2.25. The Labute approximate surface area is 129 Å². The quantitative estimate of drug-likeness (QED) is 0.781. The number of anilines is 1. The highest BCUT2D eigenvalue weighted by molar-refractivity contribution is 7.14. The minimum Gasteiger partial charge on any atom is -0.298 e. The van der Waals surface area contributed by atoms with Crippen LogP contribution in [0, 0.1) is 11.6 Å². The molecule has 0 saturated carbocycles. The number of nitrogens with zero attached hydrogens (tertiary/aromatic N) is 1. The van der Waals surface area contributed by atoms with Gasteiger partial charge >= 0.3 is 0 Å². The predicted molar refractivity (Wildman–Crippen MR) is 81.9 cm³/mol. The molecular formula is C16H10F2N2OS. The Kier molecular flexibility index (Phi) is 3.93. The summed E-state index contributed by atoms with van der Waals surface area (Å²) in [5.74, 6) is -1.53. The lowest BCUT2D eigenvalue weighted by molar-refractivity contribution is 0.102. The second kappa shape index (κ2) is 6.03. The summed E-state index contributed by atoms with van der Waals surface area (Å²) in [6.07, 6.45) is 0. The van der Waals surface area contributed by atoms with E-state index in [0.29, 0.717) is 16.4 Å². The molecule has 0 spiro atoms. The molecule has 3 rings (SSSR count). The van der Waals surface area contributed by atoms with Gasteiger partial charge in [0.05, 0.1) is 11.3 Å². The second-order valence-corrected chi connectivity index (χ2v) is 5.34. The van der Waals surface area contributed by atoms with E-state index in [1.807, 2.05) is 0 Å². The minimum absolute atomic E-state index is 0.0509. The SMILES string of the molecule is O=C(Nc1nc(-c2cccc(F)c2)cs1)c1ccccc1F. The van der Waals surface area contributed by atoms with Crippen LogP contribution in [0.5, 0.6) is 0 Å². The molecule has 0 bridgehead atoms. The van der Waals surface area contributed by atoms with Gasteiger partial charge < -0.3 is 0 Å². The third-order valence-electron chi connectivity index (χ3n) is 2.96. The van der Waals surface area contributed by atoms with Crippen molar-refractivity contribution in [2.75, 3.05) is 5.32 Å². The Hall–Kier alpha value is -2.60. The van der Waals surface area contributed by atoms with Crippen LogP contribution in [-0.2, 0) is 0 Å². The number of carbonyl (C=O) groups is 1. The van der Waals surface area contributed by atoms with Crippen LogP contribution in [0.1, 0.15) is 10.4 Å². The van der Waals surface area contributed by atoms with Gasteiger partial charge in [0.2, 0.25) is 0 Å². The summed E-state index contributed by atoms with van der Waals surface area (Å²) >= 11 is 1.19. The smallest absolute Gasteiger partial charge is 0.260 e. The highest BCUT2D eigenvalue weighted by Gasteiger charge is 2.13. The van der Waals surface area contributed by atoms with Crippen LogP contribution in [0.4, 0.5) is 13.9 Å². The molecule has 6 heteroatoms. The summed E-state index contributed by atoms with van der Waals surface area (Å²) in [5.41, 5.74) is 1.11. The molecule has 0 fully saturated rings. The van der Waals surface area contributed by atoms with Gasteiger partial charge in [-0.15, -0.1) is 11.3 Å². The largest absolute Gasteiger partial charge is 0.298 e. The van der Waals surface area contributed by atoms with E-state index < -0.39 is 11.7 Å². The van der Waals surface area contributed by atoms with Crippen LogP contribution in [0.25, 0.3) is 11.3 Å². The van der Waals surface area contributed by atoms with Crippen molar-refractivity contribution in [3.63, 3.8) is 0 Å². The zero-order valence-corrected chi connectivity index (χ0v) is 12.0. The number of thiazole rings is 1. The van der Waals surface area contributed by atoms with Crippen molar-refractivity contribution in [3.05, 3.63) is 71.1 Å². The van der Waals surface area contributed by atoms with Gasteiger partial charge in [-0.3, -0.25) is 10.1 Å². The number of hydrogen-bond acceptors (Lipinski definition) is 3. The van der Waals surface area contributed by atoms with E-state index in [1.165, 1.54) is 41.7 Å². The number of carbonyl (C=O) groups excluding carboxylic acids is 1. The fourth-order valence-corrected chi connectivity index (χ4v) is 2.64. The summed E-state index contributed by atoms with van der Waals surface area (Å²) in [6, 6.07) is 11.7. The van der Waals surface area contributed by atoms with Gasteiger partial charge in [-0.25, -0.2) is 13.8 Å². The Morgan fingerprint density at radius 1 is 1.09 bits per heavy atom. The first-order chi connectivity index (χ1) is 10.6. The van der Waals surface area contributed by atoms with E-state index in [2.05, 4.69) is 10.3 Å². The molecule has 110 valence electrons. The van der Waals surface area contributed by atoms with Gasteiger partial charge in [-0.2, -0.15) is 0 Å². The van der Waals surface area contributed by atoms with Gasteiger partial charge in [0.1, 0.15) is 11.6 Å². The summed E-state index contributed by atoms with van der Waals surface area (Å²) in [5, 5.41) is 4.57. The van der Waals surface area contributed by atoms with Crippen molar-refractivity contribution in [2.45, 2.75) is 0 Å². The van der Waals surface area contributed by atoms with Crippen molar-refractivity contribution in [1.29, 1.82) is 0 Å². The molecule has 1 N–H and O–H groups in total. The number of benzene rings is 2. The molecule has 0 atom stereocenters. The van der Waals surface area contributed by atoms with Gasteiger partial charge in [0.25, 0.3) is 5.91 Å². The first-order valence-electron chi connectivity index (χ1n) is 6.41. The van der Waals surface area contributed by atoms with Crippen molar-refractivity contribution < 1.29 is 13.6 Å². The van der Waals surface area contributed by atoms with Crippen molar-refractivity contribution in [1.82, 2.24) is 4.98 Å². The number of hydrogen-bond donors (Lipinski definition) is 1. The highest BCUT2D eigenvalue weighted by atomic mass is 32.1. The fraction of sp³-hybridized carbons (Fsp3) is 0. The molecule has 1 amide bonds. The number of amides is 1. The van der Waals surface area contributed by atoms with E-state index in [4.69, 9.17) is 0 Å². The third-order valence-corrected chi connectivity index (χ3v) is 3.72. The number of halogens is 2. The standard InChI is InChI=1S/C16H10F2N2OS/c17-11-5-3-4-10(8-11)14-9-22-16(19-14)20-15(21)12-6-1-2-7-13(12)18/h1-9H,(H,19,20,21). The summed E-state index contributed by atoms with van der Waals surface area (Å²) in [4.78, 5) is 16.2. The maximum absolute atomic E-state index is 13.5. The van der Waals surface area contributed by atoms with Crippen LogP contribution in [0.3, 0.4) is 0 Å². The summed E-state index contributed by atoms with van der Waals surface area (Å²) < 4.78 is 26.7. The maximum Gasteiger partial charge on any atom is 0.260 e. The van der Waals surface area contributed by atoms with E-state index in [9.17, 15) is 13.6 Å². The minimum atomic E-state index is -0.595. The molecule has 0 aliphatic heterocycles. The van der Waals surface area contributed by atoms with E-state index in [0.717, 1.165) is 0 Å². The van der Waals surface area contributed by atoms with Crippen molar-refractivity contribution in [2.24, 2.45) is 0 Å². The van der Waals surface area contributed by atoms with Crippen LogP contribution >= 0.6 is 11.3 Å². The molecular weight excluding hydrogens is 306 g/mol. The van der Waals surface area contributed by atoms with Crippen molar-refractivity contribution >= 4 is 22.4 Å². The van der Waals surface area contributed by atoms with Crippen LogP contribution in [-0.4, -0.2) is 10.9 Å².